The first kappa shape index (κ1) is 17.7. The summed E-state index contributed by atoms with van der Waals surface area (Å²) in [5, 5.41) is 3.54. The van der Waals surface area contributed by atoms with Crippen LogP contribution in [0.5, 0.6) is 0 Å². The quantitative estimate of drug-likeness (QED) is 0.834. The first-order valence-electron chi connectivity index (χ1n) is 9.26. The summed E-state index contributed by atoms with van der Waals surface area (Å²) >= 11 is 0. The molecular weight excluding hydrogens is 344 g/mol. The van der Waals surface area contributed by atoms with Crippen molar-refractivity contribution in [3.63, 3.8) is 0 Å². The molecule has 2 atom stereocenters. The number of nitrogens with zero attached hydrogens (tertiary/aromatic N) is 3. The molecule has 2 aliphatic rings. The van der Waals surface area contributed by atoms with Crippen LogP contribution in [0.3, 0.4) is 0 Å². The molecule has 4 rings (SSSR count). The van der Waals surface area contributed by atoms with Crippen molar-refractivity contribution in [2.75, 3.05) is 32.7 Å². The summed E-state index contributed by atoms with van der Waals surface area (Å²) in [5.41, 5.74) is 6.66. The number of hydrogen-bond donors (Lipinski definition) is 1. The van der Waals surface area contributed by atoms with Crippen molar-refractivity contribution in [1.82, 2.24) is 15.0 Å². The average Bonchev–Trinajstić information content (AvgIpc) is 3.36. The van der Waals surface area contributed by atoms with Crippen LogP contribution in [-0.4, -0.2) is 59.5 Å². The van der Waals surface area contributed by atoms with Gasteiger partial charge in [0.2, 0.25) is 5.76 Å². The second kappa shape index (κ2) is 7.52. The monoisotopic (exact) mass is 367 g/mol. The molecule has 7 heteroatoms. The molecule has 2 N–H and O–H groups in total. The summed E-state index contributed by atoms with van der Waals surface area (Å²) in [7, 11) is 0. The van der Waals surface area contributed by atoms with E-state index < -0.39 is 5.91 Å². The Hall–Kier alpha value is -2.67. The van der Waals surface area contributed by atoms with E-state index in [-0.39, 0.29) is 17.2 Å². The third-order valence-electron chi connectivity index (χ3n) is 5.50. The minimum atomic E-state index is -0.768. The van der Waals surface area contributed by atoms with E-state index in [0.717, 1.165) is 26.1 Å². The highest BCUT2D eigenvalue weighted by Gasteiger charge is 2.42. The minimum Gasteiger partial charge on any atom is -0.363 e. The van der Waals surface area contributed by atoms with Gasteiger partial charge in [-0.2, -0.15) is 0 Å². The molecule has 1 unspecified atom stereocenters. The zero-order valence-electron chi connectivity index (χ0n) is 15.1. The number of hydrogen-bond acceptors (Lipinski definition) is 5. The Bertz CT molecular complexity index is 806. The molecule has 3 heterocycles. The van der Waals surface area contributed by atoms with Crippen molar-refractivity contribution in [1.29, 1.82) is 0 Å². The Labute approximate surface area is 158 Å². The molecule has 2 fully saturated rings. The third kappa shape index (κ3) is 3.73. The van der Waals surface area contributed by atoms with Crippen LogP contribution in [0.1, 0.15) is 32.9 Å². The van der Waals surface area contributed by atoms with Gasteiger partial charge in [0.1, 0.15) is 5.56 Å². The molecule has 2 saturated heterocycles. The summed E-state index contributed by atoms with van der Waals surface area (Å²) in [4.78, 5) is 28.3. The summed E-state index contributed by atoms with van der Waals surface area (Å²) in [5.74, 6) is -0.195. The molecule has 1 aromatic heterocycles. The molecule has 0 saturated carbocycles. The van der Waals surface area contributed by atoms with Gasteiger partial charge in [-0.3, -0.25) is 9.59 Å². The molecule has 7 nitrogen and oxygen atoms in total. The topological polar surface area (TPSA) is 92.7 Å². The number of likely N-dealkylation sites (tertiary alicyclic amines) is 2. The zero-order chi connectivity index (χ0) is 18.8. The number of nitrogens with two attached hydrogens (primary N) is 1. The zero-order valence-corrected chi connectivity index (χ0v) is 15.1. The normalized spacial score (nSPS) is 22.1. The van der Waals surface area contributed by atoms with Gasteiger partial charge in [0.05, 0.1) is 6.20 Å². The van der Waals surface area contributed by atoms with E-state index >= 15 is 0 Å². The summed E-state index contributed by atoms with van der Waals surface area (Å²) in [6.07, 6.45) is 4.57. The van der Waals surface area contributed by atoms with Crippen LogP contribution < -0.4 is 5.73 Å². The van der Waals surface area contributed by atoms with Crippen LogP contribution in [0.25, 0.3) is 0 Å². The number of carbonyl (C=O) groups is 2. The Morgan fingerprint density at radius 1 is 1.15 bits per heavy atom. The van der Waals surface area contributed by atoms with Crippen molar-refractivity contribution in [3.05, 3.63) is 59.8 Å². The van der Waals surface area contributed by atoms with Gasteiger partial charge in [-0.05, 0) is 36.8 Å². The Balaban J connectivity index is 1.27. The predicted molar refractivity (Wildman–Crippen MR) is 98.8 cm³/mol. The Morgan fingerprint density at radius 3 is 2.52 bits per heavy atom. The van der Waals surface area contributed by atoms with Gasteiger partial charge in [0.25, 0.3) is 11.8 Å². The van der Waals surface area contributed by atoms with Crippen molar-refractivity contribution >= 4 is 11.8 Å². The van der Waals surface area contributed by atoms with E-state index in [4.69, 9.17) is 10.3 Å². The molecular formula is C20H23N4O3. The molecule has 1 radical (unpaired) electrons. The van der Waals surface area contributed by atoms with Gasteiger partial charge in [-0.25, -0.2) is 0 Å². The van der Waals surface area contributed by atoms with E-state index in [1.54, 1.807) is 4.90 Å². The smallest absolute Gasteiger partial charge is 0.288 e. The highest BCUT2D eigenvalue weighted by molar-refractivity contribution is 6.04. The molecule has 27 heavy (non-hydrogen) atoms. The van der Waals surface area contributed by atoms with Gasteiger partial charge in [-0.1, -0.05) is 35.5 Å². The fourth-order valence-corrected chi connectivity index (χ4v) is 4.18. The van der Waals surface area contributed by atoms with Gasteiger partial charge in [0, 0.05) is 26.2 Å². The number of amides is 2. The fourth-order valence-electron chi connectivity index (χ4n) is 4.18. The van der Waals surface area contributed by atoms with Crippen LogP contribution in [0.2, 0.25) is 0 Å². The van der Waals surface area contributed by atoms with Crippen LogP contribution in [0.4, 0.5) is 0 Å². The van der Waals surface area contributed by atoms with E-state index in [0.29, 0.717) is 24.9 Å². The van der Waals surface area contributed by atoms with E-state index in [1.165, 1.54) is 11.8 Å². The SMILES string of the molecule is NC(=O)c1oncc1C(=O)N1CC2CN(CC[CH]c3ccccc3)C[C@H]2C1. The van der Waals surface area contributed by atoms with E-state index in [9.17, 15) is 9.59 Å². The first-order valence-corrected chi connectivity index (χ1v) is 9.26. The highest BCUT2D eigenvalue weighted by Crippen LogP contribution is 2.32. The largest absolute Gasteiger partial charge is 0.363 e. The molecule has 0 bridgehead atoms. The number of rotatable bonds is 6. The van der Waals surface area contributed by atoms with Crippen molar-refractivity contribution < 1.29 is 14.1 Å². The number of primary amides is 1. The molecule has 2 aromatic rings. The Kier molecular flexibility index (Phi) is 4.94. The Morgan fingerprint density at radius 2 is 1.85 bits per heavy atom. The van der Waals surface area contributed by atoms with Gasteiger partial charge >= 0.3 is 0 Å². The molecule has 2 aliphatic heterocycles. The maximum atomic E-state index is 12.7. The molecule has 141 valence electrons. The van der Waals surface area contributed by atoms with Crippen LogP contribution in [0, 0.1) is 18.3 Å². The molecule has 1 aromatic carbocycles. The fraction of sp³-hybridized carbons (Fsp3) is 0.400. The van der Waals surface area contributed by atoms with Crippen molar-refractivity contribution in [3.8, 4) is 0 Å². The average molecular weight is 367 g/mol. The van der Waals surface area contributed by atoms with Gasteiger partial charge in [-0.15, -0.1) is 0 Å². The van der Waals surface area contributed by atoms with Crippen molar-refractivity contribution in [2.45, 2.75) is 6.42 Å². The highest BCUT2D eigenvalue weighted by atomic mass is 16.5. The predicted octanol–water partition coefficient (Wildman–Crippen LogP) is 1.42. The van der Waals surface area contributed by atoms with E-state index in [2.05, 4.69) is 40.7 Å². The summed E-state index contributed by atoms with van der Waals surface area (Å²) in [6.45, 7) is 4.44. The lowest BCUT2D eigenvalue weighted by Gasteiger charge is -2.21. The summed E-state index contributed by atoms with van der Waals surface area (Å²) in [6, 6.07) is 10.4. The summed E-state index contributed by atoms with van der Waals surface area (Å²) < 4.78 is 4.81. The standard InChI is InChI=1S/C20H23N4O3/c21-19(25)18-17(9-22-27-18)20(26)24-12-15-10-23(11-16(15)13-24)8-4-7-14-5-2-1-3-6-14/h1-3,5-7,9,15-16H,4,8,10-13H2,(H2,21,25)/t15-,16?/m0/s1. The maximum Gasteiger partial charge on any atom is 0.288 e. The molecule has 0 aliphatic carbocycles. The first-order chi connectivity index (χ1) is 13.1. The van der Waals surface area contributed by atoms with Crippen LogP contribution in [0.15, 0.2) is 41.1 Å². The van der Waals surface area contributed by atoms with E-state index in [1.807, 2.05) is 6.07 Å². The number of aromatic nitrogens is 1. The lowest BCUT2D eigenvalue weighted by molar-refractivity contribution is 0.0765. The second-order valence-corrected chi connectivity index (χ2v) is 7.33. The number of carbonyl (C=O) groups excluding carboxylic acids is 2. The lowest BCUT2D eigenvalue weighted by atomic mass is 10.0. The maximum absolute atomic E-state index is 12.7. The van der Waals surface area contributed by atoms with Crippen molar-refractivity contribution in [2.24, 2.45) is 17.6 Å². The molecule has 0 spiro atoms. The second-order valence-electron chi connectivity index (χ2n) is 7.33. The van der Waals surface area contributed by atoms with Crippen LogP contribution >= 0.6 is 0 Å². The lowest BCUT2D eigenvalue weighted by Crippen LogP contribution is -2.34. The van der Waals surface area contributed by atoms with Crippen LogP contribution in [-0.2, 0) is 0 Å². The number of fused-ring (bicyclic) bond motifs is 1. The van der Waals surface area contributed by atoms with Gasteiger partial charge < -0.3 is 20.1 Å². The minimum absolute atomic E-state index is 0.157. The third-order valence-corrected chi connectivity index (χ3v) is 5.50. The van der Waals surface area contributed by atoms with Gasteiger partial charge in [0.15, 0.2) is 0 Å². The number of benzene rings is 1. The molecule has 2 amide bonds.